The predicted octanol–water partition coefficient (Wildman–Crippen LogP) is 5.59. The molecule has 0 spiro atoms. The number of alkyl halides is 3. The zero-order valence-corrected chi connectivity index (χ0v) is 21.1. The van der Waals surface area contributed by atoms with Gasteiger partial charge in [-0.2, -0.15) is 13.2 Å². The van der Waals surface area contributed by atoms with Crippen molar-refractivity contribution in [2.24, 2.45) is 0 Å². The molecule has 0 aliphatic carbocycles. The molecule has 1 aliphatic heterocycles. The molecule has 1 saturated heterocycles. The molecule has 40 heavy (non-hydrogen) atoms. The SMILES string of the molecule is Nc1onc2c(OCCN3CCOCC3)ccc(-c3ccc(NC(=O)Nc4cc(C(F)(F)F)ccc4F)cc3)c12. The van der Waals surface area contributed by atoms with Crippen LogP contribution in [-0.2, 0) is 10.9 Å². The number of aromatic nitrogens is 1. The van der Waals surface area contributed by atoms with Gasteiger partial charge in [0, 0.05) is 25.3 Å². The van der Waals surface area contributed by atoms with Crippen molar-refractivity contribution in [3.05, 3.63) is 66.0 Å². The highest BCUT2D eigenvalue weighted by Crippen LogP contribution is 2.38. The second-order valence-electron chi connectivity index (χ2n) is 9.03. The number of ether oxygens (including phenoxy) is 2. The number of benzene rings is 3. The molecule has 9 nitrogen and oxygen atoms in total. The largest absolute Gasteiger partial charge is 0.490 e. The van der Waals surface area contributed by atoms with Gasteiger partial charge in [-0.25, -0.2) is 9.18 Å². The van der Waals surface area contributed by atoms with E-state index < -0.39 is 29.3 Å². The number of nitrogens with one attached hydrogen (secondary N) is 2. The zero-order chi connectivity index (χ0) is 28.3. The van der Waals surface area contributed by atoms with E-state index in [0.717, 1.165) is 30.8 Å². The van der Waals surface area contributed by atoms with E-state index in [1.54, 1.807) is 30.3 Å². The summed E-state index contributed by atoms with van der Waals surface area (Å²) in [5.74, 6) is -0.347. The fourth-order valence-corrected chi connectivity index (χ4v) is 4.33. The fourth-order valence-electron chi connectivity index (χ4n) is 4.33. The third-order valence-electron chi connectivity index (χ3n) is 6.39. The number of halogens is 4. The maximum absolute atomic E-state index is 14.0. The van der Waals surface area contributed by atoms with E-state index in [1.807, 2.05) is 6.07 Å². The van der Waals surface area contributed by atoms with Gasteiger partial charge in [0.05, 0.1) is 29.9 Å². The first kappa shape index (κ1) is 27.2. The number of nitrogen functional groups attached to an aromatic ring is 1. The molecule has 1 fully saturated rings. The summed E-state index contributed by atoms with van der Waals surface area (Å²) in [6, 6.07) is 11.1. The molecule has 1 aliphatic rings. The molecular formula is C27H25F4N5O4. The molecule has 0 atom stereocenters. The topological polar surface area (TPSA) is 115 Å². The number of anilines is 3. The Morgan fingerprint density at radius 3 is 2.52 bits per heavy atom. The quantitative estimate of drug-likeness (QED) is 0.253. The average Bonchev–Trinajstić information content (AvgIpc) is 3.32. The van der Waals surface area contributed by atoms with Crippen LogP contribution in [0.3, 0.4) is 0 Å². The molecule has 13 heteroatoms. The molecular weight excluding hydrogens is 534 g/mol. The Kier molecular flexibility index (Phi) is 7.76. The van der Waals surface area contributed by atoms with Crippen LogP contribution in [0.4, 0.5) is 39.6 Å². The molecule has 2 amide bonds. The summed E-state index contributed by atoms with van der Waals surface area (Å²) in [4.78, 5) is 14.6. The number of hydrogen-bond acceptors (Lipinski definition) is 7. The summed E-state index contributed by atoms with van der Waals surface area (Å²) in [5.41, 5.74) is 6.65. The summed E-state index contributed by atoms with van der Waals surface area (Å²) < 4.78 is 69.3. The van der Waals surface area contributed by atoms with Gasteiger partial charge in [0.1, 0.15) is 18.2 Å². The summed E-state index contributed by atoms with van der Waals surface area (Å²) in [7, 11) is 0. The monoisotopic (exact) mass is 559 g/mol. The fraction of sp³-hybridized carbons (Fsp3) is 0.259. The van der Waals surface area contributed by atoms with Crippen LogP contribution in [0.15, 0.2) is 59.1 Å². The number of amides is 2. The van der Waals surface area contributed by atoms with Crippen LogP contribution in [0.1, 0.15) is 5.56 Å². The van der Waals surface area contributed by atoms with E-state index in [2.05, 4.69) is 20.7 Å². The van der Waals surface area contributed by atoms with Gasteiger partial charge in [-0.05, 0) is 53.6 Å². The maximum Gasteiger partial charge on any atom is 0.416 e. The number of rotatable bonds is 7. The number of fused-ring (bicyclic) bond motifs is 1. The Bertz CT molecular complexity index is 1500. The van der Waals surface area contributed by atoms with Crippen LogP contribution in [-0.4, -0.2) is 55.5 Å². The number of morpholine rings is 1. The van der Waals surface area contributed by atoms with Crippen LogP contribution in [0, 0.1) is 5.82 Å². The normalized spacial score (nSPS) is 14.3. The van der Waals surface area contributed by atoms with E-state index in [1.165, 1.54) is 0 Å². The van der Waals surface area contributed by atoms with E-state index in [-0.39, 0.29) is 5.88 Å². The van der Waals surface area contributed by atoms with Crippen LogP contribution in [0.25, 0.3) is 22.0 Å². The van der Waals surface area contributed by atoms with Crippen molar-refractivity contribution in [2.45, 2.75) is 6.18 Å². The average molecular weight is 560 g/mol. The standard InChI is InChI=1S/C27H25F4N5O4/c28-20-7-3-17(27(29,30)31)15-21(20)34-26(37)33-18-4-1-16(2-5-18)19-6-8-22(24-23(19)25(32)40-35-24)39-14-11-36-9-12-38-13-10-36/h1-8,15H,9-14,32H2,(H2,33,34,37). The lowest BCUT2D eigenvalue weighted by Crippen LogP contribution is -2.38. The lowest BCUT2D eigenvalue weighted by Gasteiger charge is -2.26. The summed E-state index contributed by atoms with van der Waals surface area (Å²) in [6.07, 6.45) is -4.68. The smallest absolute Gasteiger partial charge is 0.416 e. The zero-order valence-electron chi connectivity index (χ0n) is 21.1. The van der Waals surface area contributed by atoms with E-state index in [9.17, 15) is 22.4 Å². The van der Waals surface area contributed by atoms with Gasteiger partial charge in [0.25, 0.3) is 0 Å². The highest BCUT2D eigenvalue weighted by atomic mass is 19.4. The molecule has 4 aromatic rings. The number of carbonyl (C=O) groups is 1. The van der Waals surface area contributed by atoms with Crippen molar-refractivity contribution in [1.29, 1.82) is 0 Å². The van der Waals surface area contributed by atoms with Crippen LogP contribution < -0.4 is 21.1 Å². The highest BCUT2D eigenvalue weighted by Gasteiger charge is 2.31. The van der Waals surface area contributed by atoms with Crippen molar-refractivity contribution in [2.75, 3.05) is 55.8 Å². The number of carbonyl (C=O) groups excluding carboxylic acids is 1. The van der Waals surface area contributed by atoms with Crippen LogP contribution in [0.5, 0.6) is 5.75 Å². The maximum atomic E-state index is 14.0. The van der Waals surface area contributed by atoms with Crippen molar-refractivity contribution < 1.29 is 36.4 Å². The molecule has 5 rings (SSSR count). The number of hydrogen-bond donors (Lipinski definition) is 3. The first-order valence-electron chi connectivity index (χ1n) is 12.3. The minimum absolute atomic E-state index is 0.119. The van der Waals surface area contributed by atoms with Gasteiger partial charge in [0.15, 0.2) is 5.52 Å². The predicted molar refractivity (Wildman–Crippen MR) is 141 cm³/mol. The van der Waals surface area contributed by atoms with Crippen molar-refractivity contribution in [3.8, 4) is 16.9 Å². The molecule has 1 aromatic heterocycles. The van der Waals surface area contributed by atoms with Gasteiger partial charge >= 0.3 is 12.2 Å². The number of nitrogens with zero attached hydrogens (tertiary/aromatic N) is 2. The second-order valence-corrected chi connectivity index (χ2v) is 9.03. The second kappa shape index (κ2) is 11.4. The van der Waals surface area contributed by atoms with Gasteiger partial charge in [-0.15, -0.1) is 0 Å². The van der Waals surface area contributed by atoms with Gasteiger partial charge < -0.3 is 30.4 Å². The van der Waals surface area contributed by atoms with Gasteiger partial charge in [0.2, 0.25) is 5.88 Å². The van der Waals surface area contributed by atoms with Crippen molar-refractivity contribution in [1.82, 2.24) is 10.1 Å². The summed E-state index contributed by atoms with van der Waals surface area (Å²) in [5, 5.41) is 9.22. The lowest BCUT2D eigenvalue weighted by atomic mass is 10.0. The van der Waals surface area contributed by atoms with Gasteiger partial charge in [-0.1, -0.05) is 17.3 Å². The molecule has 0 radical (unpaired) electrons. The van der Waals surface area contributed by atoms with Crippen molar-refractivity contribution in [3.63, 3.8) is 0 Å². The Balaban J connectivity index is 1.27. The minimum Gasteiger partial charge on any atom is -0.490 e. The Morgan fingerprint density at radius 1 is 1.05 bits per heavy atom. The third kappa shape index (κ3) is 6.10. The first-order valence-corrected chi connectivity index (χ1v) is 12.3. The highest BCUT2D eigenvalue weighted by molar-refractivity contribution is 6.04. The van der Waals surface area contributed by atoms with Gasteiger partial charge in [-0.3, -0.25) is 4.90 Å². The van der Waals surface area contributed by atoms with E-state index >= 15 is 0 Å². The van der Waals surface area contributed by atoms with Crippen LogP contribution in [0.2, 0.25) is 0 Å². The molecule has 3 aromatic carbocycles. The molecule has 4 N–H and O–H groups in total. The Morgan fingerprint density at radius 2 is 1.80 bits per heavy atom. The third-order valence-corrected chi connectivity index (χ3v) is 6.39. The van der Waals surface area contributed by atoms with E-state index in [0.29, 0.717) is 60.4 Å². The Hall–Kier alpha value is -4.36. The first-order chi connectivity index (χ1) is 19.2. The minimum atomic E-state index is -4.68. The molecule has 0 bridgehead atoms. The summed E-state index contributed by atoms with van der Waals surface area (Å²) >= 11 is 0. The number of urea groups is 1. The molecule has 2 heterocycles. The lowest BCUT2D eigenvalue weighted by molar-refractivity contribution is -0.137. The molecule has 210 valence electrons. The van der Waals surface area contributed by atoms with E-state index in [4.69, 9.17) is 19.7 Å². The van der Waals surface area contributed by atoms with Crippen molar-refractivity contribution >= 4 is 34.2 Å². The molecule has 0 unspecified atom stereocenters. The summed E-state index contributed by atoms with van der Waals surface area (Å²) in [6.45, 7) is 4.29. The number of nitrogens with two attached hydrogens (primary N) is 1. The molecule has 0 saturated carbocycles. The Labute approximate surface area is 225 Å². The van der Waals surface area contributed by atoms with Crippen LogP contribution >= 0.6 is 0 Å².